The molecule has 0 nitrogen and oxygen atoms in total. The van der Waals surface area contributed by atoms with Crippen LogP contribution in [0.4, 0.5) is 0 Å². The van der Waals surface area contributed by atoms with Crippen LogP contribution in [0, 0.1) is 34.5 Å². The summed E-state index contributed by atoms with van der Waals surface area (Å²) in [5.41, 5.74) is 3.15. The summed E-state index contributed by atoms with van der Waals surface area (Å²) in [6.07, 6.45) is 14.4. The van der Waals surface area contributed by atoms with Gasteiger partial charge >= 0.3 is 0 Å². The summed E-state index contributed by atoms with van der Waals surface area (Å²) >= 11 is 0. The van der Waals surface area contributed by atoms with E-state index < -0.39 is 0 Å². The second-order valence-electron chi connectivity index (χ2n) is 8.62. The molecule has 0 heterocycles. The van der Waals surface area contributed by atoms with Gasteiger partial charge in [0.2, 0.25) is 0 Å². The van der Waals surface area contributed by atoms with Gasteiger partial charge in [0.05, 0.1) is 0 Å². The van der Waals surface area contributed by atoms with Crippen LogP contribution in [-0.4, -0.2) is 0 Å². The van der Waals surface area contributed by atoms with Gasteiger partial charge in [0.25, 0.3) is 0 Å². The quantitative estimate of drug-likeness (QED) is 0.497. The molecular formula is C19H30. The van der Waals surface area contributed by atoms with Gasteiger partial charge < -0.3 is 0 Å². The maximum atomic E-state index is 2.63. The monoisotopic (exact) mass is 258 g/mol. The van der Waals surface area contributed by atoms with Crippen LogP contribution in [0.3, 0.4) is 0 Å². The highest BCUT2D eigenvalue weighted by atomic mass is 14.6. The van der Waals surface area contributed by atoms with Crippen molar-refractivity contribution in [1.29, 1.82) is 0 Å². The standard InChI is InChI=1S/C19H30/c1-13-6-9-16-15-8-7-14-5-4-11-19(14,3)17(15)10-12-18(13,16)2/h5,13,15-17H,4,6-12H2,1-3H3. The Bertz CT molecular complexity index is 420. The molecule has 4 rings (SSSR count). The molecule has 0 aromatic rings. The molecule has 106 valence electrons. The summed E-state index contributed by atoms with van der Waals surface area (Å²) in [6.45, 7) is 7.78. The molecule has 6 unspecified atom stereocenters. The summed E-state index contributed by atoms with van der Waals surface area (Å²) in [6, 6.07) is 0. The van der Waals surface area contributed by atoms with Gasteiger partial charge in [0, 0.05) is 0 Å². The number of rotatable bonds is 0. The first-order valence-electron chi connectivity index (χ1n) is 8.75. The third kappa shape index (κ3) is 1.47. The van der Waals surface area contributed by atoms with Crippen LogP contribution in [-0.2, 0) is 0 Å². The van der Waals surface area contributed by atoms with E-state index >= 15 is 0 Å². The highest BCUT2D eigenvalue weighted by Gasteiger charge is 2.57. The average molecular weight is 258 g/mol. The fourth-order valence-electron chi connectivity index (χ4n) is 6.82. The van der Waals surface area contributed by atoms with E-state index in [-0.39, 0.29) is 0 Å². The zero-order valence-corrected chi connectivity index (χ0v) is 13.0. The summed E-state index contributed by atoms with van der Waals surface area (Å²) in [5.74, 6) is 4.12. The molecular weight excluding hydrogens is 228 g/mol. The van der Waals surface area contributed by atoms with Gasteiger partial charge in [0.15, 0.2) is 0 Å². The van der Waals surface area contributed by atoms with Crippen LogP contribution in [0.5, 0.6) is 0 Å². The van der Waals surface area contributed by atoms with Crippen molar-refractivity contribution in [3.63, 3.8) is 0 Å². The van der Waals surface area contributed by atoms with Gasteiger partial charge in [0.1, 0.15) is 0 Å². The maximum Gasteiger partial charge on any atom is -0.00825 e. The zero-order valence-electron chi connectivity index (χ0n) is 13.0. The molecule has 0 aromatic heterocycles. The first kappa shape index (κ1) is 12.5. The largest absolute Gasteiger partial charge is 0.0847 e. The lowest BCUT2D eigenvalue weighted by Gasteiger charge is -2.56. The van der Waals surface area contributed by atoms with Gasteiger partial charge in [-0.05, 0) is 85.9 Å². The van der Waals surface area contributed by atoms with E-state index in [0.29, 0.717) is 10.8 Å². The first-order chi connectivity index (χ1) is 9.06. The lowest BCUT2D eigenvalue weighted by atomic mass is 9.48. The molecule has 0 N–H and O–H groups in total. The Balaban J connectivity index is 1.69. The molecule has 6 atom stereocenters. The summed E-state index contributed by atoms with van der Waals surface area (Å²) in [7, 11) is 0. The lowest BCUT2D eigenvalue weighted by Crippen LogP contribution is -2.48. The molecule has 3 fully saturated rings. The van der Waals surface area contributed by atoms with Gasteiger partial charge in [-0.1, -0.05) is 32.4 Å². The highest BCUT2D eigenvalue weighted by molar-refractivity contribution is 5.25. The average Bonchev–Trinajstić information content (AvgIpc) is 2.90. The molecule has 4 aliphatic rings. The lowest BCUT2D eigenvalue weighted by molar-refractivity contribution is -0.0428. The molecule has 0 amide bonds. The van der Waals surface area contributed by atoms with E-state index in [1.165, 1.54) is 51.4 Å². The molecule has 0 bridgehead atoms. The van der Waals surface area contributed by atoms with Crippen LogP contribution in [0.15, 0.2) is 11.6 Å². The summed E-state index contributed by atoms with van der Waals surface area (Å²) < 4.78 is 0. The molecule has 4 aliphatic carbocycles. The van der Waals surface area contributed by atoms with Crippen molar-refractivity contribution in [2.24, 2.45) is 34.5 Å². The van der Waals surface area contributed by atoms with Crippen molar-refractivity contribution >= 4 is 0 Å². The maximum absolute atomic E-state index is 2.63. The minimum Gasteiger partial charge on any atom is -0.0847 e. The molecule has 0 saturated heterocycles. The minimum absolute atomic E-state index is 0.607. The zero-order chi connectivity index (χ0) is 13.3. The Kier molecular flexibility index (Phi) is 2.56. The predicted molar refractivity (Wildman–Crippen MR) is 80.9 cm³/mol. The van der Waals surface area contributed by atoms with Crippen LogP contribution in [0.25, 0.3) is 0 Å². The minimum atomic E-state index is 0.607. The second-order valence-corrected chi connectivity index (χ2v) is 8.62. The molecule has 0 spiro atoms. The van der Waals surface area contributed by atoms with E-state index in [0.717, 1.165) is 23.7 Å². The number of allylic oxidation sites excluding steroid dienone is 2. The van der Waals surface area contributed by atoms with Gasteiger partial charge in [-0.3, -0.25) is 0 Å². The third-order valence-electron chi connectivity index (χ3n) is 8.26. The third-order valence-corrected chi connectivity index (χ3v) is 8.26. The molecule has 0 aliphatic heterocycles. The second kappa shape index (κ2) is 3.89. The predicted octanol–water partition coefficient (Wildman–Crippen LogP) is 5.59. The van der Waals surface area contributed by atoms with Crippen LogP contribution >= 0.6 is 0 Å². The number of hydrogen-bond donors (Lipinski definition) is 0. The fraction of sp³-hybridized carbons (Fsp3) is 0.895. The van der Waals surface area contributed by atoms with Crippen molar-refractivity contribution in [3.05, 3.63) is 11.6 Å². The molecule has 3 saturated carbocycles. The van der Waals surface area contributed by atoms with E-state index in [4.69, 9.17) is 0 Å². The van der Waals surface area contributed by atoms with Crippen molar-refractivity contribution in [2.45, 2.75) is 72.1 Å². The van der Waals surface area contributed by atoms with Crippen molar-refractivity contribution in [3.8, 4) is 0 Å². The van der Waals surface area contributed by atoms with Crippen LogP contribution in [0.1, 0.15) is 72.1 Å². The Morgan fingerprint density at radius 2 is 1.84 bits per heavy atom. The van der Waals surface area contributed by atoms with Gasteiger partial charge in [-0.25, -0.2) is 0 Å². The van der Waals surface area contributed by atoms with Crippen molar-refractivity contribution in [2.75, 3.05) is 0 Å². The number of fused-ring (bicyclic) bond motifs is 5. The normalized spacial score (nSPS) is 56.3. The van der Waals surface area contributed by atoms with E-state index in [1.54, 1.807) is 0 Å². The smallest absolute Gasteiger partial charge is 0.00825 e. The molecule has 19 heavy (non-hydrogen) atoms. The Labute approximate surface area is 119 Å². The van der Waals surface area contributed by atoms with E-state index in [2.05, 4.69) is 26.8 Å². The molecule has 0 heteroatoms. The van der Waals surface area contributed by atoms with E-state index in [9.17, 15) is 0 Å². The molecule has 0 radical (unpaired) electrons. The Hall–Kier alpha value is -0.260. The molecule has 0 aromatic carbocycles. The SMILES string of the molecule is CC1CCC2C3CCC4=CCCC4(C)C3CCC12C. The topological polar surface area (TPSA) is 0 Å². The van der Waals surface area contributed by atoms with Gasteiger partial charge in [-0.2, -0.15) is 0 Å². The van der Waals surface area contributed by atoms with Crippen LogP contribution < -0.4 is 0 Å². The van der Waals surface area contributed by atoms with Gasteiger partial charge in [-0.15, -0.1) is 0 Å². The van der Waals surface area contributed by atoms with Crippen molar-refractivity contribution in [1.82, 2.24) is 0 Å². The summed E-state index contributed by atoms with van der Waals surface area (Å²) in [4.78, 5) is 0. The Morgan fingerprint density at radius 3 is 2.68 bits per heavy atom. The summed E-state index contributed by atoms with van der Waals surface area (Å²) in [5, 5.41) is 0. The number of hydrogen-bond acceptors (Lipinski definition) is 0. The Morgan fingerprint density at radius 1 is 1.00 bits per heavy atom. The van der Waals surface area contributed by atoms with E-state index in [1.807, 2.05) is 5.57 Å². The van der Waals surface area contributed by atoms with Crippen LogP contribution in [0.2, 0.25) is 0 Å². The first-order valence-corrected chi connectivity index (χ1v) is 8.75. The van der Waals surface area contributed by atoms with Crippen molar-refractivity contribution < 1.29 is 0 Å². The highest BCUT2D eigenvalue weighted by Crippen LogP contribution is 2.66. The fourth-order valence-corrected chi connectivity index (χ4v) is 6.82.